The number of hydrogen-bond acceptors (Lipinski definition) is 3. The highest BCUT2D eigenvalue weighted by Crippen LogP contribution is 2.15. The maximum atomic E-state index is 11.3. The molecular weight excluding hydrogens is 311 g/mol. The van der Waals surface area contributed by atoms with E-state index in [0.29, 0.717) is 5.56 Å². The molecule has 0 spiro atoms. The van der Waals surface area contributed by atoms with Crippen molar-refractivity contribution < 1.29 is 14.6 Å². The quantitative estimate of drug-likeness (QED) is 0.515. The van der Waals surface area contributed by atoms with Crippen LogP contribution in [0.2, 0.25) is 0 Å². The summed E-state index contributed by atoms with van der Waals surface area (Å²) >= 11 is 2.04. The molecule has 1 N–H and O–H groups in total. The number of aliphatic hydroxyl groups is 1. The summed E-state index contributed by atoms with van der Waals surface area (Å²) in [5.74, 6) is -0.367. The number of ether oxygens (including phenoxy) is 1. The van der Waals surface area contributed by atoms with E-state index in [1.165, 1.54) is 0 Å². The largest absolute Gasteiger partial charge is 0.467 e. The van der Waals surface area contributed by atoms with Crippen LogP contribution in [0.5, 0.6) is 0 Å². The topological polar surface area (TPSA) is 46.5 Å². The Morgan fingerprint density at radius 1 is 1.57 bits per heavy atom. The Bertz CT molecular complexity index is 341. The van der Waals surface area contributed by atoms with Crippen molar-refractivity contribution in [3.05, 3.63) is 32.9 Å². The van der Waals surface area contributed by atoms with Gasteiger partial charge in [0, 0.05) is 3.57 Å². The summed E-state index contributed by atoms with van der Waals surface area (Å²) in [4.78, 5) is 11.3. The van der Waals surface area contributed by atoms with Crippen molar-refractivity contribution in [3.63, 3.8) is 0 Å². The predicted molar refractivity (Wildman–Crippen MR) is 61.1 cm³/mol. The molecule has 1 aromatic rings. The first-order chi connectivity index (χ1) is 6.69. The lowest BCUT2D eigenvalue weighted by Gasteiger charge is -2.05. The first-order valence-electron chi connectivity index (χ1n) is 3.90. The number of hydrogen-bond donors (Lipinski definition) is 1. The fourth-order valence-corrected chi connectivity index (χ4v) is 1.90. The maximum absolute atomic E-state index is 11.3. The van der Waals surface area contributed by atoms with Gasteiger partial charge in [-0.3, -0.25) is 0 Å². The molecule has 1 aromatic carbocycles. The van der Waals surface area contributed by atoms with Gasteiger partial charge in [-0.15, -0.1) is 0 Å². The Hall–Kier alpha value is -0.403. The fraction of sp³-hybridized carbons (Fsp3) is 0.222. The van der Waals surface area contributed by atoms with Crippen molar-refractivity contribution in [1.82, 2.24) is 0 Å². The van der Waals surface area contributed by atoms with Crippen LogP contribution in [0.15, 0.2) is 18.2 Å². The molecule has 0 bridgehead atoms. The zero-order chi connectivity index (χ0) is 10.6. The highest BCUT2D eigenvalue weighted by atomic mass is 127. The van der Waals surface area contributed by atoms with Gasteiger partial charge in [-0.25, -0.2) is 4.79 Å². The third-order valence-electron chi connectivity index (χ3n) is 1.64. The molecule has 0 aliphatic heterocycles. The number of carbonyl (C=O) groups excluding carboxylic acids is 1. The summed E-state index contributed by atoms with van der Waals surface area (Å²) in [6.45, 7) is -0.0244. The van der Waals surface area contributed by atoms with Gasteiger partial charge in [-0.05, 0) is 40.3 Å². The Labute approximate surface area is 99.0 Å². The van der Waals surface area contributed by atoms with Gasteiger partial charge in [-0.1, -0.05) is 6.07 Å². The number of halogens is 1. The van der Waals surface area contributed by atoms with E-state index < -0.39 is 0 Å². The molecular formula is C9H8IO3Si. The van der Waals surface area contributed by atoms with Crippen LogP contribution in [-0.4, -0.2) is 27.5 Å². The van der Waals surface area contributed by atoms with E-state index in [1.807, 2.05) is 22.6 Å². The van der Waals surface area contributed by atoms with E-state index in [0.717, 1.165) is 9.13 Å². The second kappa shape index (κ2) is 5.47. The van der Waals surface area contributed by atoms with Gasteiger partial charge in [0.25, 0.3) is 0 Å². The fourth-order valence-electron chi connectivity index (χ4n) is 0.966. The Morgan fingerprint density at radius 2 is 2.29 bits per heavy atom. The highest BCUT2D eigenvalue weighted by Gasteiger charge is 2.10. The Morgan fingerprint density at radius 3 is 2.79 bits per heavy atom. The van der Waals surface area contributed by atoms with Gasteiger partial charge in [-0.2, -0.15) is 0 Å². The van der Waals surface area contributed by atoms with Crippen LogP contribution >= 0.6 is 22.6 Å². The predicted octanol–water partition coefficient (Wildman–Crippen LogP) is 1.07. The van der Waals surface area contributed by atoms with Crippen molar-refractivity contribution in [1.29, 1.82) is 0 Å². The zero-order valence-corrected chi connectivity index (χ0v) is 10.4. The van der Waals surface area contributed by atoms with Crippen molar-refractivity contribution >= 4 is 38.8 Å². The number of rotatable bonds is 3. The van der Waals surface area contributed by atoms with Crippen LogP contribution in [0, 0.1) is 3.57 Å². The second-order valence-electron chi connectivity index (χ2n) is 2.55. The van der Waals surface area contributed by atoms with Crippen molar-refractivity contribution in [2.24, 2.45) is 0 Å². The summed E-state index contributed by atoms with van der Waals surface area (Å²) in [6, 6.07) is 5.11. The van der Waals surface area contributed by atoms with Gasteiger partial charge >= 0.3 is 5.97 Å². The van der Waals surface area contributed by atoms with Gasteiger partial charge in [0.1, 0.15) is 0 Å². The molecule has 0 aliphatic rings. The Kier molecular flexibility index (Phi) is 4.56. The first-order valence-corrected chi connectivity index (χ1v) is 5.68. The molecule has 1 rings (SSSR count). The third kappa shape index (κ3) is 2.79. The number of aliphatic hydroxyl groups excluding tert-OH is 1. The van der Waals surface area contributed by atoms with Crippen molar-refractivity contribution in [2.45, 2.75) is 6.61 Å². The SMILES string of the molecule is O=C(OC[Si])c1ccc(CO)cc1I. The highest BCUT2D eigenvalue weighted by molar-refractivity contribution is 14.1. The lowest BCUT2D eigenvalue weighted by molar-refractivity contribution is 0.0572. The number of esters is 1. The molecule has 0 fully saturated rings. The van der Waals surface area contributed by atoms with Crippen LogP contribution in [0.25, 0.3) is 0 Å². The summed E-state index contributed by atoms with van der Waals surface area (Å²) in [7, 11) is 3.06. The minimum absolute atomic E-state index is 0.0244. The van der Waals surface area contributed by atoms with Crippen LogP contribution in [0.4, 0.5) is 0 Å². The van der Waals surface area contributed by atoms with Crippen LogP contribution < -0.4 is 0 Å². The summed E-state index contributed by atoms with van der Waals surface area (Å²) in [6.07, 6.45) is 0.177. The normalized spacial score (nSPS) is 9.93. The second-order valence-corrected chi connectivity index (χ2v) is 4.00. The van der Waals surface area contributed by atoms with E-state index in [-0.39, 0.29) is 18.8 Å². The Balaban J connectivity index is 2.94. The molecule has 0 amide bonds. The zero-order valence-electron chi connectivity index (χ0n) is 7.29. The average molecular weight is 319 g/mol. The van der Waals surface area contributed by atoms with E-state index in [4.69, 9.17) is 9.84 Å². The monoisotopic (exact) mass is 319 g/mol. The average Bonchev–Trinajstić information content (AvgIpc) is 2.17. The van der Waals surface area contributed by atoms with E-state index >= 15 is 0 Å². The molecule has 3 radical (unpaired) electrons. The van der Waals surface area contributed by atoms with E-state index in [9.17, 15) is 4.79 Å². The van der Waals surface area contributed by atoms with Crippen molar-refractivity contribution in [3.8, 4) is 0 Å². The maximum Gasteiger partial charge on any atom is 0.338 e. The smallest absolute Gasteiger partial charge is 0.338 e. The molecule has 0 aliphatic carbocycles. The number of carbonyl (C=O) groups is 1. The lowest BCUT2D eigenvalue weighted by atomic mass is 10.1. The van der Waals surface area contributed by atoms with E-state index in [1.54, 1.807) is 18.2 Å². The molecule has 73 valence electrons. The summed E-state index contributed by atoms with van der Waals surface area (Å²) in [5, 5.41) is 8.87. The molecule has 3 nitrogen and oxygen atoms in total. The van der Waals surface area contributed by atoms with E-state index in [2.05, 4.69) is 10.2 Å². The lowest BCUT2D eigenvalue weighted by Crippen LogP contribution is -2.08. The molecule has 0 heterocycles. The molecule has 5 heteroatoms. The van der Waals surface area contributed by atoms with Gasteiger partial charge < -0.3 is 9.84 Å². The molecule has 0 saturated heterocycles. The summed E-state index contributed by atoms with van der Waals surface area (Å²) < 4.78 is 5.57. The van der Waals surface area contributed by atoms with Crippen LogP contribution in [-0.2, 0) is 11.3 Å². The molecule has 0 saturated carbocycles. The van der Waals surface area contributed by atoms with Gasteiger partial charge in [0.2, 0.25) is 0 Å². The molecule has 0 aromatic heterocycles. The van der Waals surface area contributed by atoms with Crippen LogP contribution in [0.1, 0.15) is 15.9 Å². The third-order valence-corrected chi connectivity index (χ3v) is 2.68. The molecule has 0 atom stereocenters. The number of benzene rings is 1. The van der Waals surface area contributed by atoms with Crippen molar-refractivity contribution in [2.75, 3.05) is 6.23 Å². The summed E-state index contributed by atoms with van der Waals surface area (Å²) in [5.41, 5.74) is 1.30. The van der Waals surface area contributed by atoms with Gasteiger partial charge in [0.05, 0.1) is 28.6 Å². The standard InChI is InChI=1S/C9H8IO3Si/c10-8-3-6(4-11)1-2-7(8)9(12)13-5-14/h1-3,11H,4-5H2. The minimum Gasteiger partial charge on any atom is -0.467 e. The van der Waals surface area contributed by atoms with Crippen LogP contribution in [0.3, 0.4) is 0 Å². The minimum atomic E-state index is -0.367. The molecule has 0 unspecified atom stereocenters. The molecule has 14 heavy (non-hydrogen) atoms. The van der Waals surface area contributed by atoms with Gasteiger partial charge in [0.15, 0.2) is 0 Å². The first kappa shape index (κ1) is 11.7.